The number of thiophene rings is 1. The maximum atomic E-state index is 9.06. The van der Waals surface area contributed by atoms with Crippen LogP contribution in [0.15, 0.2) is 16.0 Å². The van der Waals surface area contributed by atoms with Crippen LogP contribution in [0.1, 0.15) is 30.0 Å². The van der Waals surface area contributed by atoms with E-state index in [9.17, 15) is 0 Å². The maximum absolute atomic E-state index is 9.06. The lowest BCUT2D eigenvalue weighted by Gasteiger charge is -2.27. The van der Waals surface area contributed by atoms with E-state index in [4.69, 9.17) is 9.78 Å². The van der Waals surface area contributed by atoms with Crippen LogP contribution in [0.25, 0.3) is 10.8 Å². The lowest BCUT2D eigenvalue weighted by atomic mass is 10.2. The molecule has 7 heteroatoms. The molecular formula is C13H13N3OS3. The van der Waals surface area contributed by atoms with Gasteiger partial charge in [0.15, 0.2) is 5.82 Å². The number of aromatic nitrogens is 2. The third kappa shape index (κ3) is 2.60. The molecule has 2 aromatic rings. The predicted octanol–water partition coefficient (Wildman–Crippen LogP) is 3.97. The zero-order chi connectivity index (χ0) is 13.9. The maximum Gasteiger partial charge on any atom is 0.269 e. The van der Waals surface area contributed by atoms with E-state index in [0.29, 0.717) is 22.0 Å². The fourth-order valence-electron chi connectivity index (χ4n) is 2.15. The lowest BCUT2D eigenvalue weighted by molar-refractivity contribution is 0.422. The van der Waals surface area contributed by atoms with Gasteiger partial charge >= 0.3 is 0 Å². The summed E-state index contributed by atoms with van der Waals surface area (Å²) in [5.41, 5.74) is 0.600. The summed E-state index contributed by atoms with van der Waals surface area (Å²) in [5.74, 6) is 3.55. The topological polar surface area (TPSA) is 62.7 Å². The molecule has 0 saturated carbocycles. The summed E-state index contributed by atoms with van der Waals surface area (Å²) in [6.45, 7) is 2.20. The van der Waals surface area contributed by atoms with Crippen LogP contribution in [0.5, 0.6) is 0 Å². The van der Waals surface area contributed by atoms with Crippen LogP contribution in [0, 0.1) is 11.3 Å². The van der Waals surface area contributed by atoms with Gasteiger partial charge in [-0.3, -0.25) is 0 Å². The summed E-state index contributed by atoms with van der Waals surface area (Å²) in [6.07, 6.45) is 1.11. The molecule has 0 bridgehead atoms. The van der Waals surface area contributed by atoms with E-state index >= 15 is 0 Å². The largest absolute Gasteiger partial charge is 0.333 e. The first kappa shape index (κ1) is 14.0. The fourth-order valence-corrected chi connectivity index (χ4v) is 5.89. The van der Waals surface area contributed by atoms with Gasteiger partial charge in [0.05, 0.1) is 10.8 Å². The van der Waals surface area contributed by atoms with E-state index in [0.717, 1.165) is 22.9 Å². The highest BCUT2D eigenvalue weighted by molar-refractivity contribution is 8.06. The molecule has 104 valence electrons. The second kappa shape index (κ2) is 6.20. The number of nitrogens with zero attached hydrogens (tertiary/aromatic N) is 3. The number of hydrogen-bond donors (Lipinski definition) is 0. The van der Waals surface area contributed by atoms with Crippen molar-refractivity contribution in [2.45, 2.75) is 23.8 Å². The average molecular weight is 323 g/mol. The molecule has 0 radical (unpaired) electrons. The first-order valence-corrected chi connectivity index (χ1v) is 9.36. The van der Waals surface area contributed by atoms with Gasteiger partial charge < -0.3 is 4.52 Å². The molecule has 0 spiro atoms. The summed E-state index contributed by atoms with van der Waals surface area (Å²) >= 11 is 5.35. The summed E-state index contributed by atoms with van der Waals surface area (Å²) in [5, 5.41) is 15.9. The SMILES string of the molecule is CCC1SCCSC1c1noc(-c2sccc2C#N)n1. The quantitative estimate of drug-likeness (QED) is 0.851. The Bertz CT molecular complexity index is 631. The molecule has 1 aliphatic heterocycles. The Morgan fingerprint density at radius 2 is 2.30 bits per heavy atom. The highest BCUT2D eigenvalue weighted by Crippen LogP contribution is 2.43. The van der Waals surface area contributed by atoms with Crippen molar-refractivity contribution in [2.75, 3.05) is 11.5 Å². The van der Waals surface area contributed by atoms with Crippen molar-refractivity contribution in [3.05, 3.63) is 22.8 Å². The Morgan fingerprint density at radius 3 is 3.10 bits per heavy atom. The molecule has 0 N–H and O–H groups in total. The molecule has 3 rings (SSSR count). The van der Waals surface area contributed by atoms with Crippen LogP contribution in [-0.2, 0) is 0 Å². The number of thioether (sulfide) groups is 2. The van der Waals surface area contributed by atoms with Crippen molar-refractivity contribution in [1.29, 1.82) is 5.26 Å². The highest BCUT2D eigenvalue weighted by atomic mass is 32.2. The molecule has 0 aromatic carbocycles. The van der Waals surface area contributed by atoms with Crippen LogP contribution >= 0.6 is 34.9 Å². The van der Waals surface area contributed by atoms with Crippen molar-refractivity contribution >= 4 is 34.9 Å². The number of nitriles is 1. The zero-order valence-electron chi connectivity index (χ0n) is 10.9. The first-order chi connectivity index (χ1) is 9.83. The van der Waals surface area contributed by atoms with E-state index < -0.39 is 0 Å². The van der Waals surface area contributed by atoms with Crippen molar-refractivity contribution in [2.24, 2.45) is 0 Å². The van der Waals surface area contributed by atoms with Crippen LogP contribution in [-0.4, -0.2) is 26.9 Å². The van der Waals surface area contributed by atoms with Crippen LogP contribution in [0.2, 0.25) is 0 Å². The van der Waals surface area contributed by atoms with Gasteiger partial charge in [0.1, 0.15) is 10.9 Å². The fraction of sp³-hybridized carbons (Fsp3) is 0.462. The molecular weight excluding hydrogens is 310 g/mol. The Balaban J connectivity index is 1.88. The molecule has 1 saturated heterocycles. The van der Waals surface area contributed by atoms with Crippen molar-refractivity contribution in [3.63, 3.8) is 0 Å². The van der Waals surface area contributed by atoms with Gasteiger partial charge in [-0.2, -0.15) is 22.0 Å². The second-order valence-electron chi connectivity index (χ2n) is 4.34. The van der Waals surface area contributed by atoms with Gasteiger partial charge in [0, 0.05) is 16.8 Å². The smallest absolute Gasteiger partial charge is 0.269 e. The van der Waals surface area contributed by atoms with E-state index in [-0.39, 0.29) is 0 Å². The Kier molecular flexibility index (Phi) is 4.34. The molecule has 1 fully saturated rings. The van der Waals surface area contributed by atoms with Crippen LogP contribution in [0.3, 0.4) is 0 Å². The molecule has 20 heavy (non-hydrogen) atoms. The Morgan fingerprint density at radius 1 is 1.45 bits per heavy atom. The molecule has 2 unspecified atom stereocenters. The monoisotopic (exact) mass is 323 g/mol. The van der Waals surface area contributed by atoms with E-state index in [1.807, 2.05) is 28.9 Å². The molecule has 2 atom stereocenters. The van der Waals surface area contributed by atoms with Gasteiger partial charge in [-0.1, -0.05) is 12.1 Å². The summed E-state index contributed by atoms with van der Waals surface area (Å²) in [6, 6.07) is 3.94. The van der Waals surface area contributed by atoms with Crippen molar-refractivity contribution in [3.8, 4) is 16.8 Å². The number of rotatable bonds is 3. The van der Waals surface area contributed by atoms with E-state index in [1.54, 1.807) is 6.07 Å². The highest BCUT2D eigenvalue weighted by Gasteiger charge is 2.30. The molecule has 0 aliphatic carbocycles. The normalized spacial score (nSPS) is 22.6. The van der Waals surface area contributed by atoms with Crippen LogP contribution in [0.4, 0.5) is 0 Å². The molecule has 1 aliphatic rings. The third-order valence-electron chi connectivity index (χ3n) is 3.13. The minimum absolute atomic E-state index is 0.293. The third-order valence-corrected chi connectivity index (χ3v) is 7.27. The Hall–Kier alpha value is -0.970. The second-order valence-corrected chi connectivity index (χ2v) is 7.85. The summed E-state index contributed by atoms with van der Waals surface area (Å²) < 4.78 is 5.37. The van der Waals surface area contributed by atoms with E-state index in [2.05, 4.69) is 23.1 Å². The first-order valence-electron chi connectivity index (χ1n) is 6.38. The molecule has 4 nitrogen and oxygen atoms in total. The van der Waals surface area contributed by atoms with Gasteiger partial charge in [-0.05, 0) is 17.9 Å². The lowest BCUT2D eigenvalue weighted by Crippen LogP contribution is -2.19. The zero-order valence-corrected chi connectivity index (χ0v) is 13.4. The summed E-state index contributed by atoms with van der Waals surface area (Å²) in [7, 11) is 0. The average Bonchev–Trinajstić information content (AvgIpc) is 3.15. The van der Waals surface area contributed by atoms with Gasteiger partial charge in [-0.25, -0.2) is 0 Å². The number of hydrogen-bond acceptors (Lipinski definition) is 7. The van der Waals surface area contributed by atoms with Crippen LogP contribution < -0.4 is 0 Å². The van der Waals surface area contributed by atoms with Gasteiger partial charge in [0.2, 0.25) is 0 Å². The standard InChI is InChI=1S/C13H13N3OS3/c1-2-9-11(20-6-5-18-9)12-15-13(17-16-12)10-8(7-14)3-4-19-10/h3-4,9,11H,2,5-6H2,1H3. The van der Waals surface area contributed by atoms with Crippen molar-refractivity contribution in [1.82, 2.24) is 10.1 Å². The minimum atomic E-state index is 0.293. The molecule has 2 aromatic heterocycles. The van der Waals surface area contributed by atoms with Gasteiger partial charge in [0.25, 0.3) is 5.89 Å². The molecule has 0 amide bonds. The van der Waals surface area contributed by atoms with Crippen molar-refractivity contribution < 1.29 is 4.52 Å². The van der Waals surface area contributed by atoms with Gasteiger partial charge in [-0.15, -0.1) is 23.1 Å². The summed E-state index contributed by atoms with van der Waals surface area (Å²) in [4.78, 5) is 5.30. The molecule has 3 heterocycles. The Labute approximate surface area is 130 Å². The minimum Gasteiger partial charge on any atom is -0.333 e. The predicted molar refractivity (Wildman–Crippen MR) is 84.1 cm³/mol. The van der Waals surface area contributed by atoms with E-state index in [1.165, 1.54) is 17.1 Å².